The van der Waals surface area contributed by atoms with Gasteiger partial charge in [0.2, 0.25) is 0 Å². The molecule has 0 bridgehead atoms. The molecule has 0 saturated carbocycles. The first-order valence-corrected chi connectivity index (χ1v) is 11.2. The lowest BCUT2D eigenvalue weighted by molar-refractivity contribution is 0.0997. The lowest BCUT2D eigenvalue weighted by Crippen LogP contribution is -2.11. The number of benzene rings is 3. The normalized spacial score (nSPS) is 11.0. The third-order valence-corrected chi connectivity index (χ3v) is 6.28. The fourth-order valence-electron chi connectivity index (χ4n) is 3.78. The fourth-order valence-corrected chi connectivity index (χ4v) is 4.18. The minimum atomic E-state index is -0.415. The monoisotopic (exact) mass is 489 g/mol. The second kappa shape index (κ2) is 8.86. The SMILES string of the molecule is Cc1cc(NC(=O)c2ccc(-c3cccc(Cl)c3Cl)o2)ccc1-c1cc2ccccc2oc1=O. The molecule has 2 aromatic heterocycles. The van der Waals surface area contributed by atoms with E-state index in [1.807, 2.05) is 31.2 Å². The summed E-state index contributed by atoms with van der Waals surface area (Å²) in [6, 6.07) is 22.9. The lowest BCUT2D eigenvalue weighted by atomic mass is 10.0. The van der Waals surface area contributed by atoms with Crippen LogP contribution in [0.5, 0.6) is 0 Å². The minimum absolute atomic E-state index is 0.128. The molecule has 5 nitrogen and oxygen atoms in total. The Bertz CT molecular complexity index is 1620. The van der Waals surface area contributed by atoms with Crippen molar-refractivity contribution < 1.29 is 13.6 Å². The summed E-state index contributed by atoms with van der Waals surface area (Å²) in [7, 11) is 0. The van der Waals surface area contributed by atoms with Gasteiger partial charge in [-0.3, -0.25) is 4.79 Å². The van der Waals surface area contributed by atoms with Crippen molar-refractivity contribution in [2.45, 2.75) is 6.92 Å². The van der Waals surface area contributed by atoms with Crippen LogP contribution in [0.25, 0.3) is 33.4 Å². The smallest absolute Gasteiger partial charge is 0.344 e. The Morgan fingerprint density at radius 2 is 1.65 bits per heavy atom. The van der Waals surface area contributed by atoms with Crippen LogP contribution in [0.1, 0.15) is 16.1 Å². The van der Waals surface area contributed by atoms with Crippen LogP contribution in [0.2, 0.25) is 10.0 Å². The molecule has 0 atom stereocenters. The van der Waals surface area contributed by atoms with Crippen molar-refractivity contribution in [3.8, 4) is 22.5 Å². The second-order valence-electron chi connectivity index (χ2n) is 7.73. The van der Waals surface area contributed by atoms with Crippen molar-refractivity contribution in [3.05, 3.63) is 111 Å². The highest BCUT2D eigenvalue weighted by Crippen LogP contribution is 2.34. The van der Waals surface area contributed by atoms with E-state index in [1.165, 1.54) is 0 Å². The molecule has 3 aromatic carbocycles. The molecule has 0 aliphatic heterocycles. The molecule has 0 saturated heterocycles. The molecule has 0 fully saturated rings. The number of hydrogen-bond acceptors (Lipinski definition) is 4. The summed E-state index contributed by atoms with van der Waals surface area (Å²) < 4.78 is 11.2. The van der Waals surface area contributed by atoms with Crippen LogP contribution >= 0.6 is 23.2 Å². The Balaban J connectivity index is 1.39. The maximum absolute atomic E-state index is 12.7. The number of carbonyl (C=O) groups excluding carboxylic acids is 1. The minimum Gasteiger partial charge on any atom is -0.451 e. The quantitative estimate of drug-likeness (QED) is 0.264. The number of amides is 1. The van der Waals surface area contributed by atoms with Crippen molar-refractivity contribution in [2.75, 3.05) is 5.32 Å². The van der Waals surface area contributed by atoms with E-state index in [9.17, 15) is 9.59 Å². The Labute approximate surface area is 204 Å². The highest BCUT2D eigenvalue weighted by atomic mass is 35.5. The van der Waals surface area contributed by atoms with Gasteiger partial charge in [0.1, 0.15) is 11.3 Å². The van der Waals surface area contributed by atoms with Crippen molar-refractivity contribution in [1.29, 1.82) is 0 Å². The lowest BCUT2D eigenvalue weighted by Gasteiger charge is -2.09. The fraction of sp³-hybridized carbons (Fsp3) is 0.0370. The van der Waals surface area contributed by atoms with E-state index in [1.54, 1.807) is 54.6 Å². The molecule has 5 rings (SSSR count). The molecule has 2 heterocycles. The third-order valence-electron chi connectivity index (χ3n) is 5.46. The van der Waals surface area contributed by atoms with Gasteiger partial charge in [0.15, 0.2) is 5.76 Å². The standard InChI is InChI=1S/C27H17Cl2NO4/c1-15-13-17(9-10-18(15)20-14-16-5-2-3-8-22(16)34-27(20)32)30-26(31)24-12-11-23(33-24)19-6-4-7-21(28)25(19)29/h2-14H,1H3,(H,30,31). The second-order valence-corrected chi connectivity index (χ2v) is 8.52. The molecule has 7 heteroatoms. The number of aryl methyl sites for hydroxylation is 1. The third kappa shape index (κ3) is 4.12. The highest BCUT2D eigenvalue weighted by molar-refractivity contribution is 6.43. The van der Waals surface area contributed by atoms with E-state index in [0.29, 0.717) is 38.2 Å². The number of halogens is 2. The zero-order chi connectivity index (χ0) is 23.8. The van der Waals surface area contributed by atoms with Gasteiger partial charge in [-0.05, 0) is 66.6 Å². The number of furan rings is 1. The van der Waals surface area contributed by atoms with Crippen LogP contribution in [0.4, 0.5) is 5.69 Å². The van der Waals surface area contributed by atoms with E-state index < -0.39 is 11.5 Å². The van der Waals surface area contributed by atoms with Crippen LogP contribution < -0.4 is 10.9 Å². The number of hydrogen-bond donors (Lipinski definition) is 1. The summed E-state index contributed by atoms with van der Waals surface area (Å²) >= 11 is 12.3. The number of carbonyl (C=O) groups is 1. The predicted molar refractivity (Wildman–Crippen MR) is 135 cm³/mol. The summed E-state index contributed by atoms with van der Waals surface area (Å²) in [4.78, 5) is 25.3. The molecule has 1 amide bonds. The number of nitrogens with one attached hydrogen (secondary N) is 1. The van der Waals surface area contributed by atoms with Gasteiger partial charge in [-0.1, -0.05) is 53.5 Å². The van der Waals surface area contributed by atoms with Gasteiger partial charge in [0.05, 0.1) is 15.6 Å². The maximum atomic E-state index is 12.7. The maximum Gasteiger partial charge on any atom is 0.344 e. The Morgan fingerprint density at radius 1 is 0.824 bits per heavy atom. The Morgan fingerprint density at radius 3 is 2.47 bits per heavy atom. The molecule has 0 aliphatic carbocycles. The van der Waals surface area contributed by atoms with Gasteiger partial charge in [-0.15, -0.1) is 0 Å². The predicted octanol–water partition coefficient (Wildman–Crippen LogP) is 7.59. The number of rotatable bonds is 4. The van der Waals surface area contributed by atoms with Crippen LogP contribution in [0.3, 0.4) is 0 Å². The van der Waals surface area contributed by atoms with Crippen LogP contribution in [-0.2, 0) is 0 Å². The topological polar surface area (TPSA) is 72.5 Å². The average Bonchev–Trinajstić information content (AvgIpc) is 3.31. The number of fused-ring (bicyclic) bond motifs is 1. The van der Waals surface area contributed by atoms with E-state index in [2.05, 4.69) is 5.32 Å². The number of para-hydroxylation sites is 1. The van der Waals surface area contributed by atoms with Gasteiger partial charge in [0, 0.05) is 16.6 Å². The summed E-state index contributed by atoms with van der Waals surface area (Å²) in [6.07, 6.45) is 0. The van der Waals surface area contributed by atoms with Crippen molar-refractivity contribution in [1.82, 2.24) is 0 Å². The molecular weight excluding hydrogens is 473 g/mol. The van der Waals surface area contributed by atoms with E-state index in [-0.39, 0.29) is 5.76 Å². The van der Waals surface area contributed by atoms with Gasteiger partial charge in [-0.2, -0.15) is 0 Å². The van der Waals surface area contributed by atoms with Gasteiger partial charge >= 0.3 is 5.63 Å². The molecule has 34 heavy (non-hydrogen) atoms. The molecule has 0 spiro atoms. The Kier molecular flexibility index (Phi) is 5.74. The summed E-state index contributed by atoms with van der Waals surface area (Å²) in [5, 5.41) is 4.41. The first-order valence-electron chi connectivity index (χ1n) is 10.4. The first-order chi connectivity index (χ1) is 16.4. The van der Waals surface area contributed by atoms with E-state index in [0.717, 1.165) is 16.5 Å². The largest absolute Gasteiger partial charge is 0.451 e. The van der Waals surface area contributed by atoms with Crippen molar-refractivity contribution in [2.24, 2.45) is 0 Å². The number of anilines is 1. The summed E-state index contributed by atoms with van der Waals surface area (Å²) in [5.41, 5.74) is 3.29. The van der Waals surface area contributed by atoms with Gasteiger partial charge in [0.25, 0.3) is 5.91 Å². The Hall–Kier alpha value is -3.80. The van der Waals surface area contributed by atoms with Crippen LogP contribution in [-0.4, -0.2) is 5.91 Å². The molecule has 1 N–H and O–H groups in total. The zero-order valence-electron chi connectivity index (χ0n) is 17.9. The highest BCUT2D eigenvalue weighted by Gasteiger charge is 2.16. The molecular formula is C27H17Cl2NO4. The van der Waals surface area contributed by atoms with E-state index in [4.69, 9.17) is 32.0 Å². The molecule has 5 aromatic rings. The first kappa shape index (κ1) is 22.0. The van der Waals surface area contributed by atoms with Gasteiger partial charge < -0.3 is 14.2 Å². The van der Waals surface area contributed by atoms with Crippen LogP contribution in [0, 0.1) is 6.92 Å². The van der Waals surface area contributed by atoms with Gasteiger partial charge in [-0.25, -0.2) is 4.79 Å². The van der Waals surface area contributed by atoms with Crippen molar-refractivity contribution >= 4 is 45.8 Å². The zero-order valence-corrected chi connectivity index (χ0v) is 19.4. The average molecular weight is 490 g/mol. The van der Waals surface area contributed by atoms with E-state index >= 15 is 0 Å². The molecule has 168 valence electrons. The molecule has 0 aliphatic rings. The van der Waals surface area contributed by atoms with Crippen molar-refractivity contribution in [3.63, 3.8) is 0 Å². The summed E-state index contributed by atoms with van der Waals surface area (Å²) in [6.45, 7) is 1.87. The molecule has 0 unspecified atom stereocenters. The molecule has 0 radical (unpaired) electrons. The van der Waals surface area contributed by atoms with Crippen LogP contribution in [0.15, 0.2) is 92.5 Å². The summed E-state index contributed by atoms with van der Waals surface area (Å²) in [5.74, 6) is 0.150.